The van der Waals surface area contributed by atoms with Crippen molar-refractivity contribution in [2.24, 2.45) is 0 Å². The smallest absolute Gasteiger partial charge is 0.796 e. The van der Waals surface area contributed by atoms with Gasteiger partial charge in [0, 0.05) is 10.9 Å². The van der Waals surface area contributed by atoms with Gasteiger partial charge < -0.3 is 18.4 Å². The summed E-state index contributed by atoms with van der Waals surface area (Å²) in [6, 6.07) is 12.6. The third kappa shape index (κ3) is 3.85. The number of benzene rings is 2. The second kappa shape index (κ2) is 8.53. The molecule has 0 aliphatic carbocycles. The molecule has 1 heterocycles. The van der Waals surface area contributed by atoms with E-state index >= 15 is 0 Å². The topological polar surface area (TPSA) is 38.9 Å². The molecular formula is C15H15KN2S2. The molecule has 1 aromatic heterocycles. The third-order valence-electron chi connectivity index (χ3n) is 2.94. The van der Waals surface area contributed by atoms with Crippen LogP contribution in [0.25, 0.3) is 22.0 Å². The van der Waals surface area contributed by atoms with Crippen molar-refractivity contribution in [1.29, 1.82) is 0 Å². The number of anilines is 1. The summed E-state index contributed by atoms with van der Waals surface area (Å²) in [5.74, 6) is 0. The normalized spacial score (nSPS) is 9.55. The number of nitrogens with zero attached hydrogens (tertiary/aromatic N) is 1. The summed E-state index contributed by atoms with van der Waals surface area (Å²) in [6.45, 7) is 2.13. The molecule has 0 unspecified atom stereocenters. The third-order valence-corrected chi connectivity index (χ3v) is 3.61. The van der Waals surface area contributed by atoms with Gasteiger partial charge >= 0.3 is 51.4 Å². The number of nitrogen functional groups attached to an aromatic ring is 1. The van der Waals surface area contributed by atoms with Gasteiger partial charge in [-0.25, -0.2) is 4.98 Å². The number of rotatable bonds is 1. The number of thiazole rings is 1. The molecule has 3 rings (SSSR count). The van der Waals surface area contributed by atoms with Crippen LogP contribution in [0.15, 0.2) is 41.8 Å². The summed E-state index contributed by atoms with van der Waals surface area (Å²) >= 11 is 5.56. The number of hydrogen-bond donors (Lipinski definition) is 1. The average Bonchev–Trinajstić information content (AvgIpc) is 2.88. The number of hydrogen-bond acceptors (Lipinski definition) is 4. The first-order valence-electron chi connectivity index (χ1n) is 5.86. The van der Waals surface area contributed by atoms with Crippen molar-refractivity contribution >= 4 is 39.9 Å². The van der Waals surface area contributed by atoms with Crippen molar-refractivity contribution in [2.45, 2.75) is 6.92 Å². The molecule has 2 N–H and O–H groups in total. The SMILES string of the molecule is C[S-].Cc1ccc(-c2csc(N)n2)c2ccccc12.[K+]. The molecule has 0 saturated carbocycles. The van der Waals surface area contributed by atoms with Crippen molar-refractivity contribution in [3.63, 3.8) is 0 Å². The Morgan fingerprint density at radius 1 is 1.05 bits per heavy atom. The van der Waals surface area contributed by atoms with Crippen LogP contribution in [0.1, 0.15) is 5.56 Å². The van der Waals surface area contributed by atoms with Crippen LogP contribution in [0.3, 0.4) is 0 Å². The predicted molar refractivity (Wildman–Crippen MR) is 87.5 cm³/mol. The Hall–Kier alpha value is 0.116. The molecule has 0 aliphatic rings. The zero-order valence-corrected chi connectivity index (χ0v) is 16.6. The number of fused-ring (bicyclic) bond motifs is 1. The summed E-state index contributed by atoms with van der Waals surface area (Å²) in [7, 11) is 0. The van der Waals surface area contributed by atoms with E-state index in [2.05, 4.69) is 60.9 Å². The van der Waals surface area contributed by atoms with Crippen LogP contribution in [0.2, 0.25) is 0 Å². The molecule has 5 heteroatoms. The van der Waals surface area contributed by atoms with Gasteiger partial charge in [0.2, 0.25) is 0 Å². The Morgan fingerprint density at radius 3 is 2.30 bits per heavy atom. The summed E-state index contributed by atoms with van der Waals surface area (Å²) in [4.78, 5) is 4.36. The van der Waals surface area contributed by atoms with E-state index in [1.165, 1.54) is 27.7 Å². The molecular weight excluding hydrogens is 311 g/mol. The van der Waals surface area contributed by atoms with Crippen LogP contribution in [-0.2, 0) is 12.6 Å². The number of aryl methyl sites for hydroxylation is 1. The molecule has 0 bridgehead atoms. The molecule has 0 amide bonds. The molecule has 2 aromatic carbocycles. The van der Waals surface area contributed by atoms with Crippen LogP contribution in [0.4, 0.5) is 5.13 Å². The van der Waals surface area contributed by atoms with Gasteiger partial charge in [0.1, 0.15) is 0 Å². The molecule has 0 saturated heterocycles. The standard InChI is InChI=1S/C14H12N2S.CH4S.K/c1-9-6-7-12(13-8-17-14(15)16-13)11-5-3-2-4-10(9)11;1-2;/h2-8H,1H3,(H2,15,16);2H,1H3;/q;;+1/p-1. The summed E-state index contributed by atoms with van der Waals surface area (Å²) in [5, 5.41) is 5.13. The van der Waals surface area contributed by atoms with Crippen molar-refractivity contribution in [2.75, 3.05) is 12.0 Å². The first-order chi connectivity index (χ1) is 9.25. The van der Waals surface area contributed by atoms with Crippen LogP contribution in [-0.4, -0.2) is 11.2 Å². The van der Waals surface area contributed by atoms with Gasteiger partial charge in [-0.3, -0.25) is 0 Å². The fourth-order valence-corrected chi connectivity index (χ4v) is 2.65. The Balaban J connectivity index is 0.000000639. The van der Waals surface area contributed by atoms with E-state index in [1.807, 2.05) is 5.38 Å². The molecule has 2 nitrogen and oxygen atoms in total. The summed E-state index contributed by atoms with van der Waals surface area (Å²) in [6.07, 6.45) is 1.58. The quantitative estimate of drug-likeness (QED) is 0.536. The maximum Gasteiger partial charge on any atom is 1.00 e. The second-order valence-corrected chi connectivity index (χ2v) is 4.94. The van der Waals surface area contributed by atoms with E-state index in [9.17, 15) is 0 Å². The zero-order valence-electron chi connectivity index (χ0n) is 11.9. The van der Waals surface area contributed by atoms with Gasteiger partial charge in [-0.05, 0) is 23.3 Å². The van der Waals surface area contributed by atoms with Gasteiger partial charge in [-0.1, -0.05) is 36.4 Å². The van der Waals surface area contributed by atoms with E-state index in [0.717, 1.165) is 11.3 Å². The van der Waals surface area contributed by atoms with Gasteiger partial charge in [0.25, 0.3) is 0 Å². The van der Waals surface area contributed by atoms with Gasteiger partial charge in [-0.2, -0.15) is 6.26 Å². The van der Waals surface area contributed by atoms with E-state index in [-0.39, 0.29) is 51.4 Å². The molecule has 0 radical (unpaired) electrons. The van der Waals surface area contributed by atoms with Crippen LogP contribution in [0.5, 0.6) is 0 Å². The predicted octanol–water partition coefficient (Wildman–Crippen LogP) is 1.02. The van der Waals surface area contributed by atoms with Crippen molar-refractivity contribution in [3.05, 3.63) is 47.3 Å². The van der Waals surface area contributed by atoms with E-state index in [4.69, 9.17) is 5.73 Å². The minimum atomic E-state index is 0. The van der Waals surface area contributed by atoms with Crippen LogP contribution < -0.4 is 57.1 Å². The minimum absolute atomic E-state index is 0. The summed E-state index contributed by atoms with van der Waals surface area (Å²) < 4.78 is 0. The monoisotopic (exact) mass is 326 g/mol. The first-order valence-corrected chi connectivity index (χ1v) is 7.56. The average molecular weight is 327 g/mol. The van der Waals surface area contributed by atoms with E-state index in [1.54, 1.807) is 6.26 Å². The largest absolute Gasteiger partial charge is 1.00 e. The van der Waals surface area contributed by atoms with Gasteiger partial charge in [-0.15, -0.1) is 11.3 Å². The molecule has 20 heavy (non-hydrogen) atoms. The molecule has 98 valence electrons. The Labute approximate surface area is 171 Å². The van der Waals surface area contributed by atoms with Crippen molar-refractivity contribution in [1.82, 2.24) is 4.98 Å². The van der Waals surface area contributed by atoms with Crippen LogP contribution >= 0.6 is 11.3 Å². The van der Waals surface area contributed by atoms with E-state index < -0.39 is 0 Å². The fourth-order valence-electron chi connectivity index (χ4n) is 2.08. The zero-order chi connectivity index (χ0) is 13.8. The number of nitrogens with two attached hydrogens (primary N) is 1. The Kier molecular flexibility index (Phi) is 7.75. The van der Waals surface area contributed by atoms with Gasteiger partial charge in [0.15, 0.2) is 5.13 Å². The molecule has 3 aromatic rings. The first kappa shape index (κ1) is 18.2. The molecule has 0 atom stereocenters. The van der Waals surface area contributed by atoms with Crippen LogP contribution in [0, 0.1) is 6.92 Å². The molecule has 0 spiro atoms. The minimum Gasteiger partial charge on any atom is -0.796 e. The Bertz CT molecular complexity index is 695. The van der Waals surface area contributed by atoms with Crippen molar-refractivity contribution in [3.8, 4) is 11.3 Å². The van der Waals surface area contributed by atoms with E-state index in [0.29, 0.717) is 5.13 Å². The van der Waals surface area contributed by atoms with Gasteiger partial charge in [0.05, 0.1) is 5.69 Å². The maximum absolute atomic E-state index is 5.70. The summed E-state index contributed by atoms with van der Waals surface area (Å²) in [5.41, 5.74) is 9.10. The molecule has 0 fully saturated rings. The van der Waals surface area contributed by atoms with Crippen molar-refractivity contribution < 1.29 is 51.4 Å². The number of aromatic nitrogens is 1. The second-order valence-electron chi connectivity index (χ2n) is 4.05. The Morgan fingerprint density at radius 2 is 1.70 bits per heavy atom. The molecule has 0 aliphatic heterocycles. The fraction of sp³-hybridized carbons (Fsp3) is 0.133. The maximum atomic E-state index is 5.70.